The largest absolute Gasteiger partial charge is 0.508 e. The highest BCUT2D eigenvalue weighted by Crippen LogP contribution is 2.63. The normalized spacial score (nSPS) is 27.9. The number of aliphatic hydroxyl groups is 1. The highest BCUT2D eigenvalue weighted by molar-refractivity contribution is 5.79. The standard InChI is InChI=1S/C40H58FNO5/c1-5-6-7-11-20-42(37(45)23-27-14-18-34(46-3)35(22-27)47-4)21-12-9-8-10-13-28-24-29-25-30(43)15-16-31(29)39-33(41)26-40(2)32(38(28)39)17-19-36(40)44/h14-16,18,22,25,28,32-33,36,38-39,43-44H,5-13,17,19-21,23-24,26H2,1-4H3/t28?,32?,33?,36?,38?,39?,40-/m0/s1. The average molecular weight is 652 g/mol. The maximum atomic E-state index is 16.1. The summed E-state index contributed by atoms with van der Waals surface area (Å²) in [5.74, 6) is 2.48. The number of hydrogen-bond donors (Lipinski definition) is 2. The summed E-state index contributed by atoms with van der Waals surface area (Å²) in [6.07, 6.45) is 11.7. The minimum atomic E-state index is -0.972. The lowest BCUT2D eigenvalue weighted by atomic mass is 9.51. The third-order valence-electron chi connectivity index (χ3n) is 12.0. The number of halogens is 1. The summed E-state index contributed by atoms with van der Waals surface area (Å²) in [6.45, 7) is 5.89. The van der Waals surface area contributed by atoms with Gasteiger partial charge in [0.2, 0.25) is 5.91 Å². The van der Waals surface area contributed by atoms with Gasteiger partial charge in [-0.05, 0) is 109 Å². The van der Waals surface area contributed by atoms with Crippen molar-refractivity contribution in [1.82, 2.24) is 4.90 Å². The first-order chi connectivity index (χ1) is 22.7. The van der Waals surface area contributed by atoms with Crippen molar-refractivity contribution in [1.29, 1.82) is 0 Å². The topological polar surface area (TPSA) is 79.2 Å². The van der Waals surface area contributed by atoms with E-state index in [-0.39, 0.29) is 28.9 Å². The molecule has 2 saturated carbocycles. The number of amides is 1. The number of aliphatic hydroxyl groups excluding tert-OH is 1. The van der Waals surface area contributed by atoms with Gasteiger partial charge in [-0.25, -0.2) is 4.39 Å². The Morgan fingerprint density at radius 1 is 0.957 bits per heavy atom. The number of benzene rings is 2. The van der Waals surface area contributed by atoms with E-state index in [1.54, 1.807) is 20.3 Å². The average Bonchev–Trinajstić information content (AvgIpc) is 3.35. The summed E-state index contributed by atoms with van der Waals surface area (Å²) in [5, 5.41) is 21.2. The van der Waals surface area contributed by atoms with Gasteiger partial charge in [-0.2, -0.15) is 0 Å². The zero-order valence-corrected chi connectivity index (χ0v) is 29.2. The Kier molecular flexibility index (Phi) is 12.1. The summed E-state index contributed by atoms with van der Waals surface area (Å²) in [4.78, 5) is 15.5. The van der Waals surface area contributed by atoms with Crippen LogP contribution in [0.3, 0.4) is 0 Å². The van der Waals surface area contributed by atoms with Gasteiger partial charge in [0.1, 0.15) is 11.9 Å². The number of alkyl halides is 1. The van der Waals surface area contributed by atoms with Crippen molar-refractivity contribution in [3.8, 4) is 17.2 Å². The van der Waals surface area contributed by atoms with Gasteiger partial charge >= 0.3 is 0 Å². The number of aromatic hydroxyl groups is 1. The lowest BCUT2D eigenvalue weighted by Gasteiger charge is -2.54. The van der Waals surface area contributed by atoms with Crippen molar-refractivity contribution in [2.75, 3.05) is 27.3 Å². The molecule has 2 fully saturated rings. The molecule has 0 radical (unpaired) electrons. The van der Waals surface area contributed by atoms with Crippen LogP contribution >= 0.6 is 0 Å². The van der Waals surface area contributed by atoms with Gasteiger partial charge in [0.05, 0.1) is 26.7 Å². The van der Waals surface area contributed by atoms with Crippen molar-refractivity contribution >= 4 is 5.91 Å². The van der Waals surface area contributed by atoms with Gasteiger partial charge in [0.25, 0.3) is 0 Å². The maximum absolute atomic E-state index is 16.1. The van der Waals surface area contributed by atoms with Crippen molar-refractivity contribution in [2.24, 2.45) is 23.2 Å². The molecular formula is C40H58FNO5. The molecule has 2 aromatic rings. The Bertz CT molecular complexity index is 1330. The minimum Gasteiger partial charge on any atom is -0.508 e. The van der Waals surface area contributed by atoms with E-state index in [4.69, 9.17) is 9.47 Å². The predicted molar refractivity (Wildman–Crippen MR) is 185 cm³/mol. The number of ether oxygens (including phenoxy) is 2. The molecule has 6 unspecified atom stereocenters. The molecule has 1 amide bonds. The van der Waals surface area contributed by atoms with Crippen LogP contribution in [-0.2, 0) is 17.6 Å². The van der Waals surface area contributed by atoms with Gasteiger partial charge in [-0.3, -0.25) is 4.79 Å². The molecule has 3 aliphatic rings. The number of phenols is 1. The first kappa shape index (κ1) is 35.5. The van der Waals surface area contributed by atoms with Crippen LogP contribution in [0.5, 0.6) is 17.2 Å². The third-order valence-corrected chi connectivity index (χ3v) is 12.0. The molecule has 0 bridgehead atoms. The molecule has 2 aromatic carbocycles. The SMILES string of the molecule is CCCCCCN(CCCCCCC1Cc2cc(O)ccc2C2C(F)C[C@]3(C)C(O)CCC3C12)C(=O)Cc1ccc(OC)c(OC)c1. The molecule has 0 aromatic heterocycles. The predicted octanol–water partition coefficient (Wildman–Crippen LogP) is 8.40. The van der Waals surface area contributed by atoms with Crippen LogP contribution in [0.4, 0.5) is 4.39 Å². The molecule has 47 heavy (non-hydrogen) atoms. The summed E-state index contributed by atoms with van der Waals surface area (Å²) < 4.78 is 26.9. The fraction of sp³-hybridized carbons (Fsp3) is 0.675. The number of nitrogens with zero attached hydrogens (tertiary/aromatic N) is 1. The van der Waals surface area contributed by atoms with Crippen LogP contribution in [0.2, 0.25) is 0 Å². The summed E-state index contributed by atoms with van der Waals surface area (Å²) in [5.41, 5.74) is 2.76. The number of carbonyl (C=O) groups is 1. The van der Waals surface area contributed by atoms with Crippen LogP contribution in [0.15, 0.2) is 36.4 Å². The number of methoxy groups -OCH3 is 2. The van der Waals surface area contributed by atoms with E-state index in [0.717, 1.165) is 94.0 Å². The zero-order valence-electron chi connectivity index (χ0n) is 29.2. The van der Waals surface area contributed by atoms with Crippen molar-refractivity contribution < 1.29 is 28.9 Å². The second-order valence-electron chi connectivity index (χ2n) is 14.9. The number of hydrogen-bond acceptors (Lipinski definition) is 5. The van der Waals surface area contributed by atoms with Crippen LogP contribution in [0.1, 0.15) is 114 Å². The highest BCUT2D eigenvalue weighted by atomic mass is 19.1. The molecule has 0 saturated heterocycles. The Morgan fingerprint density at radius 2 is 1.68 bits per heavy atom. The fourth-order valence-corrected chi connectivity index (χ4v) is 9.46. The van der Waals surface area contributed by atoms with Crippen LogP contribution < -0.4 is 9.47 Å². The number of carbonyl (C=O) groups excluding carboxylic acids is 1. The molecule has 6 nitrogen and oxygen atoms in total. The second kappa shape index (κ2) is 16.1. The van der Waals surface area contributed by atoms with E-state index >= 15 is 4.39 Å². The maximum Gasteiger partial charge on any atom is 0.226 e. The third kappa shape index (κ3) is 7.92. The molecule has 7 atom stereocenters. The Labute approximate surface area is 282 Å². The molecule has 5 rings (SSSR count). The Hall–Kier alpha value is -2.80. The van der Waals surface area contributed by atoms with Crippen molar-refractivity contribution in [2.45, 2.75) is 122 Å². The van der Waals surface area contributed by atoms with Gasteiger partial charge in [-0.1, -0.05) is 64.5 Å². The van der Waals surface area contributed by atoms with Crippen molar-refractivity contribution in [3.05, 3.63) is 53.1 Å². The Morgan fingerprint density at radius 3 is 2.40 bits per heavy atom. The molecule has 2 N–H and O–H groups in total. The molecule has 0 spiro atoms. The molecule has 260 valence electrons. The van der Waals surface area contributed by atoms with E-state index < -0.39 is 12.3 Å². The van der Waals surface area contributed by atoms with E-state index in [2.05, 4.69) is 18.7 Å². The van der Waals surface area contributed by atoms with Gasteiger partial charge in [0.15, 0.2) is 11.5 Å². The lowest BCUT2D eigenvalue weighted by Crippen LogP contribution is -2.51. The quantitative estimate of drug-likeness (QED) is 0.178. The molecule has 3 aliphatic carbocycles. The smallest absolute Gasteiger partial charge is 0.226 e. The summed E-state index contributed by atoms with van der Waals surface area (Å²) in [6, 6.07) is 11.2. The minimum absolute atomic E-state index is 0.148. The first-order valence-electron chi connectivity index (χ1n) is 18.3. The van der Waals surface area contributed by atoms with Crippen molar-refractivity contribution in [3.63, 3.8) is 0 Å². The van der Waals surface area contributed by atoms with Gasteiger partial charge in [0, 0.05) is 19.0 Å². The number of unbranched alkanes of at least 4 members (excludes halogenated alkanes) is 6. The van der Waals surface area contributed by atoms with Crippen LogP contribution in [0, 0.1) is 23.2 Å². The number of phenolic OH excluding ortho intramolecular Hbond substituents is 1. The second-order valence-corrected chi connectivity index (χ2v) is 14.9. The summed E-state index contributed by atoms with van der Waals surface area (Å²) >= 11 is 0. The Balaban J connectivity index is 1.18. The summed E-state index contributed by atoms with van der Waals surface area (Å²) in [7, 11) is 3.23. The molecule has 0 heterocycles. The van der Waals surface area contributed by atoms with Gasteiger partial charge < -0.3 is 24.6 Å². The monoisotopic (exact) mass is 651 g/mol. The zero-order chi connectivity index (χ0) is 33.6. The highest BCUT2D eigenvalue weighted by Gasteiger charge is 2.59. The van der Waals surface area contributed by atoms with E-state index in [1.807, 2.05) is 30.3 Å². The lowest BCUT2D eigenvalue weighted by molar-refractivity contribution is -0.130. The van der Waals surface area contributed by atoms with Crippen LogP contribution in [-0.4, -0.2) is 60.6 Å². The number of rotatable bonds is 16. The van der Waals surface area contributed by atoms with Crippen LogP contribution in [0.25, 0.3) is 0 Å². The van der Waals surface area contributed by atoms with E-state index in [1.165, 1.54) is 12.8 Å². The number of fused-ring (bicyclic) bond motifs is 5. The first-order valence-corrected chi connectivity index (χ1v) is 18.3. The van der Waals surface area contributed by atoms with E-state index in [0.29, 0.717) is 36.2 Å². The molecule has 7 heteroatoms. The molecular weight excluding hydrogens is 593 g/mol. The fourth-order valence-electron chi connectivity index (χ4n) is 9.46. The molecule has 0 aliphatic heterocycles. The van der Waals surface area contributed by atoms with E-state index in [9.17, 15) is 15.0 Å². The van der Waals surface area contributed by atoms with Gasteiger partial charge in [-0.15, -0.1) is 0 Å².